The first-order valence-corrected chi connectivity index (χ1v) is 8.18. The number of halogens is 1. The van der Waals surface area contributed by atoms with E-state index in [1.165, 1.54) is 17.5 Å². The Hall–Kier alpha value is -1.32. The summed E-state index contributed by atoms with van der Waals surface area (Å²) in [7, 11) is 1.71. The van der Waals surface area contributed by atoms with Crippen LogP contribution in [0.5, 0.6) is 5.75 Å². The molecule has 1 fully saturated rings. The maximum Gasteiger partial charge on any atom is 0.133 e. The highest BCUT2D eigenvalue weighted by molar-refractivity contribution is 9.10. The molecule has 1 heterocycles. The van der Waals surface area contributed by atoms with Crippen molar-refractivity contribution in [1.82, 2.24) is 5.32 Å². The Bertz CT molecular complexity index is 599. The largest absolute Gasteiger partial charge is 0.496 e. The van der Waals surface area contributed by atoms with Crippen LogP contribution in [0.3, 0.4) is 0 Å². The number of hydrogen-bond donors (Lipinski definition) is 1. The van der Waals surface area contributed by atoms with Gasteiger partial charge in [-0.25, -0.2) is 0 Å². The molecule has 110 valence electrons. The number of piperidine rings is 1. The molecule has 0 bridgehead atoms. The molecule has 2 aromatic carbocycles. The second kappa shape index (κ2) is 6.63. The number of benzene rings is 2. The van der Waals surface area contributed by atoms with Crippen molar-refractivity contribution >= 4 is 15.9 Å². The van der Waals surface area contributed by atoms with Gasteiger partial charge in [0.1, 0.15) is 5.75 Å². The maximum absolute atomic E-state index is 5.34. The normalized spacial score (nSPS) is 22.0. The van der Waals surface area contributed by atoms with Gasteiger partial charge < -0.3 is 10.1 Å². The van der Waals surface area contributed by atoms with E-state index >= 15 is 0 Å². The van der Waals surface area contributed by atoms with Gasteiger partial charge in [-0.1, -0.05) is 36.4 Å². The van der Waals surface area contributed by atoms with Crippen LogP contribution in [0.25, 0.3) is 0 Å². The smallest absolute Gasteiger partial charge is 0.133 e. The van der Waals surface area contributed by atoms with E-state index in [2.05, 4.69) is 69.8 Å². The summed E-state index contributed by atoms with van der Waals surface area (Å²) < 4.78 is 6.37. The Balaban J connectivity index is 1.92. The lowest BCUT2D eigenvalue weighted by Crippen LogP contribution is -2.34. The van der Waals surface area contributed by atoms with E-state index < -0.39 is 0 Å². The molecule has 3 rings (SSSR count). The third-order valence-corrected chi connectivity index (χ3v) is 4.93. The second-order valence-corrected chi connectivity index (χ2v) is 6.36. The summed E-state index contributed by atoms with van der Waals surface area (Å²) in [6, 6.07) is 17.3. The van der Waals surface area contributed by atoms with Gasteiger partial charge in [-0.2, -0.15) is 0 Å². The fraction of sp³-hybridized carbons (Fsp3) is 0.333. The highest BCUT2D eigenvalue weighted by Crippen LogP contribution is 2.39. The third kappa shape index (κ3) is 3.14. The standard InChI is InChI=1S/C18H20BrNO/c1-21-18-8-7-14(11-17(18)19)15-9-10-20-12-16(15)13-5-3-2-4-6-13/h2-8,11,15-16,20H,9-10,12H2,1H3. The Morgan fingerprint density at radius 2 is 1.86 bits per heavy atom. The van der Waals surface area contributed by atoms with E-state index in [0.29, 0.717) is 11.8 Å². The van der Waals surface area contributed by atoms with Gasteiger partial charge in [-0.15, -0.1) is 0 Å². The predicted octanol–water partition coefficient (Wildman–Crippen LogP) is 4.32. The van der Waals surface area contributed by atoms with Crippen LogP contribution in [0.1, 0.15) is 29.4 Å². The van der Waals surface area contributed by atoms with Crippen LogP contribution in [-0.4, -0.2) is 20.2 Å². The van der Waals surface area contributed by atoms with Crippen LogP contribution >= 0.6 is 15.9 Å². The summed E-state index contributed by atoms with van der Waals surface area (Å²) in [5.74, 6) is 1.97. The minimum Gasteiger partial charge on any atom is -0.496 e. The van der Waals surface area contributed by atoms with Gasteiger partial charge >= 0.3 is 0 Å². The molecule has 2 atom stereocenters. The molecule has 0 radical (unpaired) electrons. The van der Waals surface area contributed by atoms with Crippen LogP contribution in [0.15, 0.2) is 53.0 Å². The molecule has 0 amide bonds. The average molecular weight is 346 g/mol. The monoisotopic (exact) mass is 345 g/mol. The molecule has 0 aromatic heterocycles. The summed E-state index contributed by atoms with van der Waals surface area (Å²) in [6.07, 6.45) is 1.17. The van der Waals surface area contributed by atoms with Gasteiger partial charge in [0.05, 0.1) is 11.6 Å². The van der Waals surface area contributed by atoms with Crippen molar-refractivity contribution in [3.8, 4) is 5.75 Å². The van der Waals surface area contributed by atoms with E-state index in [4.69, 9.17) is 4.74 Å². The zero-order chi connectivity index (χ0) is 14.7. The number of methoxy groups -OCH3 is 1. The minimum absolute atomic E-state index is 0.528. The fourth-order valence-electron chi connectivity index (χ4n) is 3.22. The lowest BCUT2D eigenvalue weighted by Gasteiger charge is -2.33. The van der Waals surface area contributed by atoms with Crippen molar-refractivity contribution in [2.24, 2.45) is 0 Å². The summed E-state index contributed by atoms with van der Waals surface area (Å²) in [5, 5.41) is 3.53. The Kier molecular flexibility index (Phi) is 4.61. The van der Waals surface area contributed by atoms with E-state index in [1.54, 1.807) is 7.11 Å². The molecule has 2 aromatic rings. The van der Waals surface area contributed by atoms with Crippen LogP contribution in [0.4, 0.5) is 0 Å². The average Bonchev–Trinajstić information content (AvgIpc) is 2.55. The quantitative estimate of drug-likeness (QED) is 0.894. The molecule has 0 spiro atoms. The van der Waals surface area contributed by atoms with Crippen molar-refractivity contribution in [1.29, 1.82) is 0 Å². The first-order chi connectivity index (χ1) is 10.3. The molecule has 0 saturated carbocycles. The van der Waals surface area contributed by atoms with Crippen LogP contribution in [-0.2, 0) is 0 Å². The molecule has 1 aliphatic heterocycles. The molecule has 1 saturated heterocycles. The molecule has 21 heavy (non-hydrogen) atoms. The van der Waals surface area contributed by atoms with E-state index in [-0.39, 0.29) is 0 Å². The van der Waals surface area contributed by atoms with Gasteiger partial charge in [0.15, 0.2) is 0 Å². The van der Waals surface area contributed by atoms with Gasteiger partial charge in [-0.05, 0) is 58.1 Å². The highest BCUT2D eigenvalue weighted by atomic mass is 79.9. The SMILES string of the molecule is COc1ccc(C2CCNCC2c2ccccc2)cc1Br. The summed E-state index contributed by atoms with van der Waals surface area (Å²) in [5.41, 5.74) is 2.81. The molecular formula is C18H20BrNO. The molecule has 1 N–H and O–H groups in total. The third-order valence-electron chi connectivity index (χ3n) is 4.31. The van der Waals surface area contributed by atoms with Gasteiger partial charge in [0.25, 0.3) is 0 Å². The lowest BCUT2D eigenvalue weighted by atomic mass is 9.77. The number of rotatable bonds is 3. The van der Waals surface area contributed by atoms with Gasteiger partial charge in [0.2, 0.25) is 0 Å². The fourth-order valence-corrected chi connectivity index (χ4v) is 3.78. The van der Waals surface area contributed by atoms with Crippen molar-refractivity contribution in [2.45, 2.75) is 18.3 Å². The van der Waals surface area contributed by atoms with Crippen molar-refractivity contribution in [3.63, 3.8) is 0 Å². The first-order valence-electron chi connectivity index (χ1n) is 7.38. The number of hydrogen-bond acceptors (Lipinski definition) is 2. The zero-order valence-electron chi connectivity index (χ0n) is 12.2. The number of ether oxygens (including phenoxy) is 1. The second-order valence-electron chi connectivity index (χ2n) is 5.51. The van der Waals surface area contributed by atoms with E-state index in [9.17, 15) is 0 Å². The maximum atomic E-state index is 5.34. The lowest BCUT2D eigenvalue weighted by molar-refractivity contribution is 0.399. The Morgan fingerprint density at radius 3 is 2.57 bits per heavy atom. The number of nitrogens with one attached hydrogen (secondary N) is 1. The molecular weight excluding hydrogens is 326 g/mol. The first kappa shape index (κ1) is 14.6. The molecule has 1 aliphatic rings. The Labute approximate surface area is 134 Å². The predicted molar refractivity (Wildman–Crippen MR) is 90.1 cm³/mol. The van der Waals surface area contributed by atoms with Crippen LogP contribution in [0.2, 0.25) is 0 Å². The molecule has 2 nitrogen and oxygen atoms in total. The summed E-state index contributed by atoms with van der Waals surface area (Å²) in [4.78, 5) is 0. The van der Waals surface area contributed by atoms with Crippen molar-refractivity contribution in [3.05, 3.63) is 64.1 Å². The van der Waals surface area contributed by atoms with Crippen molar-refractivity contribution in [2.75, 3.05) is 20.2 Å². The summed E-state index contributed by atoms with van der Waals surface area (Å²) >= 11 is 3.61. The molecule has 0 aliphatic carbocycles. The van der Waals surface area contributed by atoms with Gasteiger partial charge in [-0.3, -0.25) is 0 Å². The highest BCUT2D eigenvalue weighted by Gasteiger charge is 2.27. The van der Waals surface area contributed by atoms with E-state index in [0.717, 1.165) is 23.3 Å². The summed E-state index contributed by atoms with van der Waals surface area (Å²) in [6.45, 7) is 2.12. The molecule has 2 unspecified atom stereocenters. The van der Waals surface area contributed by atoms with Crippen LogP contribution < -0.4 is 10.1 Å². The van der Waals surface area contributed by atoms with Crippen molar-refractivity contribution < 1.29 is 4.74 Å². The minimum atomic E-state index is 0.528. The van der Waals surface area contributed by atoms with Gasteiger partial charge in [0, 0.05) is 12.5 Å². The zero-order valence-corrected chi connectivity index (χ0v) is 13.8. The molecule has 3 heteroatoms. The van der Waals surface area contributed by atoms with E-state index in [1.807, 2.05) is 0 Å². The van der Waals surface area contributed by atoms with Crippen LogP contribution in [0, 0.1) is 0 Å². The topological polar surface area (TPSA) is 21.3 Å². The Morgan fingerprint density at radius 1 is 1.05 bits per heavy atom.